The molecule has 4 heteroatoms. The first-order chi connectivity index (χ1) is 8.16. The van der Waals surface area contributed by atoms with Gasteiger partial charge in [-0.15, -0.1) is 0 Å². The van der Waals surface area contributed by atoms with Crippen LogP contribution in [0.1, 0.15) is 12.0 Å². The lowest BCUT2D eigenvalue weighted by Crippen LogP contribution is -2.36. The van der Waals surface area contributed by atoms with Crippen molar-refractivity contribution in [2.45, 2.75) is 12.0 Å². The van der Waals surface area contributed by atoms with Gasteiger partial charge < -0.3 is 15.2 Å². The van der Waals surface area contributed by atoms with Crippen LogP contribution >= 0.6 is 0 Å². The van der Waals surface area contributed by atoms with Crippen LogP contribution in [-0.2, 0) is 15.1 Å². The van der Waals surface area contributed by atoms with E-state index in [-0.39, 0.29) is 18.3 Å². The standard InChI is InChI=1S/C13H17NO3/c1-17-12(15)7-11-8-14-9-13(11,16)10-5-3-2-4-6-10/h2-6,11,14,16H,7-9H2,1H3/t11-,13+/m1/s1. The van der Waals surface area contributed by atoms with Crippen molar-refractivity contribution in [2.75, 3.05) is 20.2 Å². The largest absolute Gasteiger partial charge is 0.469 e. The highest BCUT2D eigenvalue weighted by Crippen LogP contribution is 2.34. The molecule has 0 saturated carbocycles. The van der Waals surface area contributed by atoms with Crippen molar-refractivity contribution in [1.29, 1.82) is 0 Å². The van der Waals surface area contributed by atoms with Gasteiger partial charge in [0, 0.05) is 19.0 Å². The molecule has 0 spiro atoms. The van der Waals surface area contributed by atoms with Crippen LogP contribution in [-0.4, -0.2) is 31.3 Å². The summed E-state index contributed by atoms with van der Waals surface area (Å²) in [6, 6.07) is 9.46. The van der Waals surface area contributed by atoms with E-state index < -0.39 is 5.60 Å². The highest BCUT2D eigenvalue weighted by atomic mass is 16.5. The van der Waals surface area contributed by atoms with Crippen molar-refractivity contribution in [1.82, 2.24) is 5.32 Å². The van der Waals surface area contributed by atoms with Crippen molar-refractivity contribution < 1.29 is 14.6 Å². The van der Waals surface area contributed by atoms with E-state index >= 15 is 0 Å². The summed E-state index contributed by atoms with van der Waals surface area (Å²) < 4.78 is 4.66. The number of benzene rings is 1. The molecule has 2 rings (SSSR count). The summed E-state index contributed by atoms with van der Waals surface area (Å²) in [6.45, 7) is 1.10. The zero-order valence-corrected chi connectivity index (χ0v) is 9.85. The molecule has 1 saturated heterocycles. The fourth-order valence-corrected chi connectivity index (χ4v) is 2.34. The van der Waals surface area contributed by atoms with E-state index in [1.54, 1.807) is 0 Å². The van der Waals surface area contributed by atoms with E-state index in [1.165, 1.54) is 7.11 Å². The smallest absolute Gasteiger partial charge is 0.305 e. The molecule has 0 unspecified atom stereocenters. The predicted molar refractivity (Wildman–Crippen MR) is 63.3 cm³/mol. The summed E-state index contributed by atoms with van der Waals surface area (Å²) in [4.78, 5) is 11.3. The fourth-order valence-electron chi connectivity index (χ4n) is 2.34. The van der Waals surface area contributed by atoms with E-state index in [0.717, 1.165) is 5.56 Å². The quantitative estimate of drug-likeness (QED) is 0.756. The zero-order chi connectivity index (χ0) is 12.3. The van der Waals surface area contributed by atoms with E-state index in [4.69, 9.17) is 0 Å². The third-order valence-corrected chi connectivity index (χ3v) is 3.38. The first-order valence-electron chi connectivity index (χ1n) is 5.72. The van der Waals surface area contributed by atoms with Crippen molar-refractivity contribution in [3.05, 3.63) is 35.9 Å². The molecular formula is C13H17NO3. The second kappa shape index (κ2) is 4.85. The second-order valence-electron chi connectivity index (χ2n) is 4.40. The summed E-state index contributed by atoms with van der Waals surface area (Å²) in [6.07, 6.45) is 0.231. The number of carbonyl (C=O) groups excluding carboxylic acids is 1. The zero-order valence-electron chi connectivity index (χ0n) is 9.85. The number of nitrogens with one attached hydrogen (secondary N) is 1. The average Bonchev–Trinajstić information content (AvgIpc) is 2.73. The van der Waals surface area contributed by atoms with Gasteiger partial charge in [0.2, 0.25) is 0 Å². The minimum Gasteiger partial charge on any atom is -0.469 e. The Balaban J connectivity index is 2.20. The van der Waals surface area contributed by atoms with E-state index in [1.807, 2.05) is 30.3 Å². The molecule has 1 aliphatic heterocycles. The highest BCUT2D eigenvalue weighted by molar-refractivity contribution is 5.69. The fraction of sp³-hybridized carbons (Fsp3) is 0.462. The third-order valence-electron chi connectivity index (χ3n) is 3.38. The number of rotatable bonds is 3. The molecular weight excluding hydrogens is 218 g/mol. The van der Waals surface area contributed by atoms with Gasteiger partial charge in [0.05, 0.1) is 13.5 Å². The monoisotopic (exact) mass is 235 g/mol. The Bertz CT molecular complexity index is 393. The minimum absolute atomic E-state index is 0.141. The van der Waals surface area contributed by atoms with Crippen molar-refractivity contribution >= 4 is 5.97 Å². The molecule has 17 heavy (non-hydrogen) atoms. The minimum atomic E-state index is -0.977. The topological polar surface area (TPSA) is 58.6 Å². The SMILES string of the molecule is COC(=O)C[C@@H]1CNC[C@]1(O)c1ccccc1. The summed E-state index contributed by atoms with van der Waals surface area (Å²) in [7, 11) is 1.37. The number of aliphatic hydroxyl groups is 1. The van der Waals surface area contributed by atoms with Crippen molar-refractivity contribution in [3.8, 4) is 0 Å². The molecule has 92 valence electrons. The van der Waals surface area contributed by atoms with Gasteiger partial charge in [0.1, 0.15) is 5.60 Å². The van der Waals surface area contributed by atoms with Crippen molar-refractivity contribution in [3.63, 3.8) is 0 Å². The molecule has 0 bridgehead atoms. The Kier molecular flexibility index (Phi) is 3.45. The maximum atomic E-state index is 11.3. The number of esters is 1. The number of methoxy groups -OCH3 is 1. The van der Waals surface area contributed by atoms with Crippen molar-refractivity contribution in [2.24, 2.45) is 5.92 Å². The van der Waals surface area contributed by atoms with E-state index in [2.05, 4.69) is 10.1 Å². The normalized spacial score (nSPS) is 28.0. The molecule has 0 aromatic heterocycles. The molecule has 4 nitrogen and oxygen atoms in total. The van der Waals surface area contributed by atoms with Gasteiger partial charge >= 0.3 is 5.97 Å². The van der Waals surface area contributed by atoms with Crippen LogP contribution in [0, 0.1) is 5.92 Å². The lowest BCUT2D eigenvalue weighted by atomic mass is 9.82. The summed E-state index contributed by atoms with van der Waals surface area (Å²) in [5, 5.41) is 13.8. The molecule has 1 aromatic carbocycles. The first kappa shape index (κ1) is 12.1. The van der Waals surface area contributed by atoms with E-state index in [0.29, 0.717) is 13.1 Å². The van der Waals surface area contributed by atoms with Gasteiger partial charge in [-0.05, 0) is 5.56 Å². The highest BCUT2D eigenvalue weighted by Gasteiger charge is 2.43. The van der Waals surface area contributed by atoms with Crippen LogP contribution in [0.5, 0.6) is 0 Å². The van der Waals surface area contributed by atoms with Crippen LogP contribution in [0.15, 0.2) is 30.3 Å². The third kappa shape index (κ3) is 2.33. The lowest BCUT2D eigenvalue weighted by Gasteiger charge is -2.29. The molecule has 0 radical (unpaired) electrons. The number of hydrogen-bond acceptors (Lipinski definition) is 4. The molecule has 2 N–H and O–H groups in total. The second-order valence-corrected chi connectivity index (χ2v) is 4.40. The number of carbonyl (C=O) groups is 1. The van der Waals surface area contributed by atoms with Crippen LogP contribution in [0.2, 0.25) is 0 Å². The molecule has 0 aliphatic carbocycles. The molecule has 1 heterocycles. The maximum Gasteiger partial charge on any atom is 0.305 e. The number of ether oxygens (including phenoxy) is 1. The Labute approximate surface area is 101 Å². The van der Waals surface area contributed by atoms with Gasteiger partial charge in [-0.1, -0.05) is 30.3 Å². The van der Waals surface area contributed by atoms with Gasteiger partial charge in [-0.3, -0.25) is 4.79 Å². The molecule has 2 atom stereocenters. The predicted octanol–water partition coefficient (Wildman–Crippen LogP) is 0.657. The Hall–Kier alpha value is -1.39. The molecule has 0 amide bonds. The van der Waals surface area contributed by atoms with Crippen LogP contribution < -0.4 is 5.32 Å². The Morgan fingerprint density at radius 1 is 1.53 bits per heavy atom. The Morgan fingerprint density at radius 3 is 2.88 bits per heavy atom. The van der Waals surface area contributed by atoms with Crippen LogP contribution in [0.4, 0.5) is 0 Å². The van der Waals surface area contributed by atoms with Gasteiger partial charge in [-0.25, -0.2) is 0 Å². The van der Waals surface area contributed by atoms with Crippen LogP contribution in [0.25, 0.3) is 0 Å². The van der Waals surface area contributed by atoms with Gasteiger partial charge in [-0.2, -0.15) is 0 Å². The number of β-amino-alcohol motifs (C(OH)–C–C–N with tert-alkyl or cyclic N) is 1. The van der Waals surface area contributed by atoms with Gasteiger partial charge in [0.15, 0.2) is 0 Å². The van der Waals surface area contributed by atoms with Crippen LogP contribution in [0.3, 0.4) is 0 Å². The summed E-state index contributed by atoms with van der Waals surface area (Å²) >= 11 is 0. The average molecular weight is 235 g/mol. The first-order valence-corrected chi connectivity index (χ1v) is 5.72. The summed E-state index contributed by atoms with van der Waals surface area (Å²) in [5.74, 6) is -0.426. The van der Waals surface area contributed by atoms with Gasteiger partial charge in [0.25, 0.3) is 0 Å². The number of hydrogen-bond donors (Lipinski definition) is 2. The molecule has 1 aliphatic rings. The lowest BCUT2D eigenvalue weighted by molar-refractivity contribution is -0.143. The maximum absolute atomic E-state index is 11.3. The van der Waals surface area contributed by atoms with E-state index in [9.17, 15) is 9.90 Å². The summed E-state index contributed by atoms with van der Waals surface area (Å²) in [5.41, 5.74) is -0.131. The Morgan fingerprint density at radius 2 is 2.24 bits per heavy atom. The molecule has 1 fully saturated rings. The molecule has 1 aromatic rings.